The molecule has 112 valence electrons. The van der Waals surface area contributed by atoms with Crippen molar-refractivity contribution < 1.29 is 4.21 Å². The van der Waals surface area contributed by atoms with Crippen molar-refractivity contribution in [1.82, 2.24) is 9.78 Å². The van der Waals surface area contributed by atoms with Gasteiger partial charge in [0.05, 0.1) is 11.4 Å². The Morgan fingerprint density at radius 2 is 1.77 bits per heavy atom. The molecule has 0 saturated carbocycles. The molecule has 22 heavy (non-hydrogen) atoms. The van der Waals surface area contributed by atoms with Crippen LogP contribution in [-0.2, 0) is 22.3 Å². The summed E-state index contributed by atoms with van der Waals surface area (Å²) in [5.74, 6) is 0.991. The molecule has 0 aliphatic heterocycles. The second kappa shape index (κ2) is 6.90. The molecular weight excluding hydrogens is 316 g/mol. The molecule has 0 radical (unpaired) electrons. The third-order valence-corrected chi connectivity index (χ3v) is 4.96. The van der Waals surface area contributed by atoms with Crippen molar-refractivity contribution in [2.75, 3.05) is 0 Å². The van der Waals surface area contributed by atoms with E-state index in [1.165, 1.54) is 0 Å². The van der Waals surface area contributed by atoms with Crippen molar-refractivity contribution in [3.05, 3.63) is 83.1 Å². The van der Waals surface area contributed by atoms with Gasteiger partial charge in [-0.15, -0.1) is 0 Å². The van der Waals surface area contributed by atoms with Gasteiger partial charge in [0.1, 0.15) is 0 Å². The Hall–Kier alpha value is -1.91. The zero-order valence-corrected chi connectivity index (χ0v) is 13.4. The monoisotopic (exact) mass is 330 g/mol. The number of benzene rings is 2. The van der Waals surface area contributed by atoms with Crippen LogP contribution in [0, 0.1) is 0 Å². The number of aromatic nitrogens is 2. The van der Waals surface area contributed by atoms with Crippen molar-refractivity contribution in [3.63, 3.8) is 0 Å². The SMILES string of the molecule is O=S(Cc1ccc(-n2cccn2)cc1)Cc1ccccc1Cl. The highest BCUT2D eigenvalue weighted by Gasteiger charge is 2.07. The van der Waals surface area contributed by atoms with E-state index in [9.17, 15) is 4.21 Å². The maximum Gasteiger partial charge on any atom is 0.0645 e. The summed E-state index contributed by atoms with van der Waals surface area (Å²) in [7, 11) is -0.982. The molecule has 0 fully saturated rings. The molecule has 3 nitrogen and oxygen atoms in total. The lowest BCUT2D eigenvalue weighted by Crippen LogP contribution is -2.01. The Balaban J connectivity index is 1.66. The van der Waals surface area contributed by atoms with Gasteiger partial charge in [0.15, 0.2) is 0 Å². The predicted octanol–water partition coefficient (Wildman–Crippen LogP) is 3.97. The normalized spacial score (nSPS) is 12.2. The molecule has 3 aromatic rings. The first-order valence-corrected chi connectivity index (χ1v) is 8.76. The molecule has 0 N–H and O–H groups in total. The first-order valence-electron chi connectivity index (χ1n) is 6.90. The smallest absolute Gasteiger partial charge is 0.0645 e. The number of nitrogens with zero attached hydrogens (tertiary/aromatic N) is 2. The zero-order valence-electron chi connectivity index (χ0n) is 11.9. The minimum absolute atomic E-state index is 0.473. The van der Waals surface area contributed by atoms with Crippen molar-refractivity contribution in [2.24, 2.45) is 0 Å². The van der Waals surface area contributed by atoms with E-state index < -0.39 is 10.8 Å². The van der Waals surface area contributed by atoms with Crippen molar-refractivity contribution >= 4 is 22.4 Å². The number of hydrogen-bond acceptors (Lipinski definition) is 2. The van der Waals surface area contributed by atoms with Gasteiger partial charge >= 0.3 is 0 Å². The van der Waals surface area contributed by atoms with Crippen LogP contribution in [0.4, 0.5) is 0 Å². The second-order valence-corrected chi connectivity index (χ2v) is 6.80. The fourth-order valence-electron chi connectivity index (χ4n) is 2.19. The van der Waals surface area contributed by atoms with Crippen molar-refractivity contribution in [1.29, 1.82) is 0 Å². The highest BCUT2D eigenvalue weighted by atomic mass is 35.5. The summed E-state index contributed by atoms with van der Waals surface area (Å²) >= 11 is 6.10. The molecule has 0 aliphatic rings. The van der Waals surface area contributed by atoms with Crippen LogP contribution in [0.1, 0.15) is 11.1 Å². The summed E-state index contributed by atoms with van der Waals surface area (Å²) in [4.78, 5) is 0. The molecule has 0 aliphatic carbocycles. The van der Waals surface area contributed by atoms with Gasteiger partial charge in [-0.2, -0.15) is 5.10 Å². The van der Waals surface area contributed by atoms with Crippen LogP contribution in [-0.4, -0.2) is 14.0 Å². The largest absolute Gasteiger partial charge is 0.259 e. The predicted molar refractivity (Wildman–Crippen MR) is 90.6 cm³/mol. The highest BCUT2D eigenvalue weighted by molar-refractivity contribution is 7.83. The maximum absolute atomic E-state index is 12.3. The summed E-state index contributed by atoms with van der Waals surface area (Å²) < 4.78 is 14.1. The Labute approximate surface area is 137 Å². The average Bonchev–Trinajstić information content (AvgIpc) is 3.05. The van der Waals surface area contributed by atoms with E-state index in [1.807, 2.05) is 60.8 Å². The molecule has 0 amide bonds. The molecule has 0 saturated heterocycles. The lowest BCUT2D eigenvalue weighted by Gasteiger charge is -2.06. The maximum atomic E-state index is 12.3. The molecular formula is C17H15ClN2OS. The number of halogens is 1. The lowest BCUT2D eigenvalue weighted by molar-refractivity contribution is 0.682. The van der Waals surface area contributed by atoms with E-state index in [1.54, 1.807) is 10.9 Å². The van der Waals surface area contributed by atoms with E-state index in [0.29, 0.717) is 16.5 Å². The molecule has 1 unspecified atom stereocenters. The molecule has 3 rings (SSSR count). The molecule has 0 spiro atoms. The summed E-state index contributed by atoms with van der Waals surface area (Å²) in [6.45, 7) is 0. The minimum Gasteiger partial charge on any atom is -0.259 e. The van der Waals surface area contributed by atoms with E-state index >= 15 is 0 Å². The van der Waals surface area contributed by atoms with E-state index in [0.717, 1.165) is 16.8 Å². The number of hydrogen-bond donors (Lipinski definition) is 0. The van der Waals surface area contributed by atoms with Crippen molar-refractivity contribution in [3.8, 4) is 5.69 Å². The molecule has 1 atom stereocenters. The molecule has 1 heterocycles. The van der Waals surface area contributed by atoms with Crippen LogP contribution in [0.15, 0.2) is 67.0 Å². The van der Waals surface area contributed by atoms with Crippen LogP contribution in [0.5, 0.6) is 0 Å². The topological polar surface area (TPSA) is 34.9 Å². The van der Waals surface area contributed by atoms with Crippen LogP contribution in [0.3, 0.4) is 0 Å². The van der Waals surface area contributed by atoms with Gasteiger partial charge in [-0.25, -0.2) is 4.68 Å². The first-order chi connectivity index (χ1) is 10.7. The summed E-state index contributed by atoms with van der Waals surface area (Å²) in [5, 5.41) is 4.86. The fourth-order valence-corrected chi connectivity index (χ4v) is 3.74. The second-order valence-electron chi connectivity index (χ2n) is 4.94. The van der Waals surface area contributed by atoms with Gasteiger partial charge in [0, 0.05) is 34.0 Å². The van der Waals surface area contributed by atoms with Gasteiger partial charge in [-0.05, 0) is 35.4 Å². The standard InChI is InChI=1S/C17H15ClN2OS/c18-17-5-2-1-4-15(17)13-22(21)12-14-6-8-16(9-7-14)20-11-3-10-19-20/h1-11H,12-13H2. The third-order valence-electron chi connectivity index (χ3n) is 3.31. The van der Waals surface area contributed by atoms with E-state index in [2.05, 4.69) is 5.10 Å². The van der Waals surface area contributed by atoms with Crippen molar-refractivity contribution in [2.45, 2.75) is 11.5 Å². The fraction of sp³-hybridized carbons (Fsp3) is 0.118. The molecule has 1 aromatic heterocycles. The van der Waals surface area contributed by atoms with Crippen LogP contribution >= 0.6 is 11.6 Å². The third kappa shape index (κ3) is 3.64. The lowest BCUT2D eigenvalue weighted by atomic mass is 10.2. The van der Waals surface area contributed by atoms with Gasteiger partial charge in [-0.3, -0.25) is 4.21 Å². The van der Waals surface area contributed by atoms with Gasteiger partial charge in [0.25, 0.3) is 0 Å². The quantitative estimate of drug-likeness (QED) is 0.709. The zero-order chi connectivity index (χ0) is 15.4. The average molecular weight is 331 g/mol. The Kier molecular flexibility index (Phi) is 4.71. The molecule has 2 aromatic carbocycles. The van der Waals surface area contributed by atoms with E-state index in [4.69, 9.17) is 11.6 Å². The molecule has 5 heteroatoms. The number of rotatable bonds is 5. The van der Waals surface area contributed by atoms with E-state index in [-0.39, 0.29) is 0 Å². The first kappa shape index (κ1) is 15.0. The summed E-state index contributed by atoms with van der Waals surface area (Å²) in [6.07, 6.45) is 3.64. The summed E-state index contributed by atoms with van der Waals surface area (Å²) in [6, 6.07) is 17.4. The Morgan fingerprint density at radius 1 is 1.00 bits per heavy atom. The minimum atomic E-state index is -0.982. The van der Waals surface area contributed by atoms with Crippen LogP contribution < -0.4 is 0 Å². The van der Waals surface area contributed by atoms with Crippen LogP contribution in [0.2, 0.25) is 5.02 Å². The highest BCUT2D eigenvalue weighted by Crippen LogP contribution is 2.18. The molecule has 0 bridgehead atoms. The van der Waals surface area contributed by atoms with Gasteiger partial charge in [-0.1, -0.05) is 41.9 Å². The van der Waals surface area contributed by atoms with Crippen LogP contribution in [0.25, 0.3) is 5.69 Å². The summed E-state index contributed by atoms with van der Waals surface area (Å²) in [5.41, 5.74) is 2.96. The Morgan fingerprint density at radius 3 is 2.45 bits per heavy atom. The Bertz CT molecular complexity index is 770. The van der Waals surface area contributed by atoms with Gasteiger partial charge in [0.2, 0.25) is 0 Å². The van der Waals surface area contributed by atoms with Gasteiger partial charge < -0.3 is 0 Å².